The summed E-state index contributed by atoms with van der Waals surface area (Å²) < 4.78 is 29.8. The number of rotatable bonds is 6. The van der Waals surface area contributed by atoms with Crippen molar-refractivity contribution in [3.8, 4) is 0 Å². The van der Waals surface area contributed by atoms with Crippen LogP contribution in [0.1, 0.15) is 18.4 Å². The highest BCUT2D eigenvalue weighted by Crippen LogP contribution is 2.26. The third kappa shape index (κ3) is 4.63. The summed E-state index contributed by atoms with van der Waals surface area (Å²) in [5, 5.41) is 4.51. The molecular weight excluding hydrogens is 434 g/mol. The molecule has 1 fully saturated rings. The topological polar surface area (TPSA) is 71.4 Å². The summed E-state index contributed by atoms with van der Waals surface area (Å²) in [6, 6.07) is 14.6. The van der Waals surface area contributed by atoms with E-state index in [9.17, 15) is 13.2 Å². The number of aromatic nitrogens is 1. The van der Waals surface area contributed by atoms with Crippen LogP contribution in [-0.4, -0.2) is 42.8 Å². The number of amides is 1. The zero-order valence-electron chi connectivity index (χ0n) is 17.4. The molecule has 1 aliphatic heterocycles. The van der Waals surface area contributed by atoms with Gasteiger partial charge in [-0.05, 0) is 55.2 Å². The molecular formula is C23H26ClN3O3S. The molecule has 4 rings (SSSR count). The Balaban J connectivity index is 1.40. The highest BCUT2D eigenvalue weighted by molar-refractivity contribution is 7.89. The van der Waals surface area contributed by atoms with Crippen molar-refractivity contribution in [2.24, 2.45) is 13.0 Å². The summed E-state index contributed by atoms with van der Waals surface area (Å²) in [6.07, 6.45) is 3.89. The molecule has 1 N–H and O–H groups in total. The maximum absolute atomic E-state index is 13.2. The highest BCUT2D eigenvalue weighted by Gasteiger charge is 2.33. The van der Waals surface area contributed by atoms with Gasteiger partial charge in [0, 0.05) is 48.8 Å². The molecule has 2 aromatic carbocycles. The lowest BCUT2D eigenvalue weighted by atomic mass is 9.99. The monoisotopic (exact) mass is 459 g/mol. The minimum Gasteiger partial charge on any atom is -0.355 e. The van der Waals surface area contributed by atoms with Crippen molar-refractivity contribution in [1.82, 2.24) is 14.2 Å². The van der Waals surface area contributed by atoms with E-state index < -0.39 is 10.0 Å². The number of hydrogen-bond donors (Lipinski definition) is 1. The first-order valence-corrected chi connectivity index (χ1v) is 12.2. The second kappa shape index (κ2) is 9.02. The Hall–Kier alpha value is -2.35. The normalized spacial score (nSPS) is 17.7. The van der Waals surface area contributed by atoms with Crippen molar-refractivity contribution in [2.75, 3.05) is 19.6 Å². The highest BCUT2D eigenvalue weighted by atomic mass is 35.5. The second-order valence-electron chi connectivity index (χ2n) is 7.98. The Morgan fingerprint density at radius 2 is 2.00 bits per heavy atom. The van der Waals surface area contributed by atoms with Crippen LogP contribution in [-0.2, 0) is 28.3 Å². The van der Waals surface area contributed by atoms with E-state index in [1.165, 1.54) is 4.31 Å². The van der Waals surface area contributed by atoms with Gasteiger partial charge in [-0.1, -0.05) is 29.8 Å². The van der Waals surface area contributed by atoms with Gasteiger partial charge in [-0.3, -0.25) is 4.79 Å². The van der Waals surface area contributed by atoms with Gasteiger partial charge >= 0.3 is 0 Å². The van der Waals surface area contributed by atoms with E-state index in [0.717, 1.165) is 16.5 Å². The number of piperidine rings is 1. The lowest BCUT2D eigenvalue weighted by Crippen LogP contribution is -2.45. The van der Waals surface area contributed by atoms with Crippen LogP contribution < -0.4 is 5.32 Å². The average molecular weight is 460 g/mol. The van der Waals surface area contributed by atoms with Crippen LogP contribution in [0.5, 0.6) is 0 Å². The van der Waals surface area contributed by atoms with E-state index in [1.807, 2.05) is 54.2 Å². The zero-order chi connectivity index (χ0) is 22.0. The minimum atomic E-state index is -3.65. The van der Waals surface area contributed by atoms with Crippen LogP contribution in [0.3, 0.4) is 0 Å². The fourth-order valence-corrected chi connectivity index (χ4v) is 5.90. The van der Waals surface area contributed by atoms with E-state index in [0.29, 0.717) is 37.4 Å². The van der Waals surface area contributed by atoms with Crippen molar-refractivity contribution < 1.29 is 13.2 Å². The number of fused-ring (bicyclic) bond motifs is 1. The first-order chi connectivity index (χ1) is 14.9. The molecule has 1 saturated heterocycles. The predicted octanol–water partition coefficient (Wildman–Crippen LogP) is 3.59. The van der Waals surface area contributed by atoms with Gasteiger partial charge in [-0.25, -0.2) is 8.42 Å². The predicted molar refractivity (Wildman–Crippen MR) is 123 cm³/mol. The van der Waals surface area contributed by atoms with Crippen LogP contribution in [0, 0.1) is 5.92 Å². The van der Waals surface area contributed by atoms with E-state index in [-0.39, 0.29) is 23.3 Å². The fourth-order valence-electron chi connectivity index (χ4n) is 4.11. The minimum absolute atomic E-state index is 0.106. The van der Waals surface area contributed by atoms with Crippen molar-refractivity contribution in [3.05, 3.63) is 65.3 Å². The Bertz CT molecular complexity index is 1210. The molecule has 0 spiro atoms. The van der Waals surface area contributed by atoms with E-state index in [2.05, 4.69) is 5.32 Å². The summed E-state index contributed by atoms with van der Waals surface area (Å²) in [5.74, 6) is -0.458. The third-order valence-electron chi connectivity index (χ3n) is 5.90. The molecule has 0 unspecified atom stereocenters. The van der Waals surface area contributed by atoms with Crippen molar-refractivity contribution >= 4 is 38.4 Å². The number of carbonyl (C=O) groups is 1. The molecule has 0 radical (unpaired) electrons. The summed E-state index contributed by atoms with van der Waals surface area (Å²) >= 11 is 6.17. The lowest BCUT2D eigenvalue weighted by molar-refractivity contribution is -0.126. The molecule has 164 valence electrons. The number of benzene rings is 2. The van der Waals surface area contributed by atoms with Crippen LogP contribution in [0.25, 0.3) is 10.9 Å². The number of nitrogens with one attached hydrogen (secondary N) is 1. The molecule has 1 atom stereocenters. The van der Waals surface area contributed by atoms with Gasteiger partial charge in [0.05, 0.1) is 10.8 Å². The summed E-state index contributed by atoms with van der Waals surface area (Å²) in [6.45, 7) is 1.10. The van der Waals surface area contributed by atoms with E-state index in [1.54, 1.807) is 12.1 Å². The zero-order valence-corrected chi connectivity index (χ0v) is 19.0. The number of sulfonamides is 1. The third-order valence-corrected chi connectivity index (χ3v) is 8.13. The van der Waals surface area contributed by atoms with Gasteiger partial charge < -0.3 is 9.88 Å². The molecule has 8 heteroatoms. The molecule has 0 aliphatic carbocycles. The van der Waals surface area contributed by atoms with Crippen molar-refractivity contribution in [2.45, 2.75) is 24.2 Å². The molecule has 1 aliphatic rings. The van der Waals surface area contributed by atoms with Gasteiger partial charge in [0.25, 0.3) is 0 Å². The van der Waals surface area contributed by atoms with E-state index >= 15 is 0 Å². The Kier molecular flexibility index (Phi) is 6.36. The molecule has 1 amide bonds. The Morgan fingerprint density at radius 1 is 1.19 bits per heavy atom. The largest absolute Gasteiger partial charge is 0.355 e. The number of hydrogen-bond acceptors (Lipinski definition) is 3. The first-order valence-electron chi connectivity index (χ1n) is 10.4. The number of aryl methyl sites for hydroxylation is 1. The molecule has 3 aromatic rings. The van der Waals surface area contributed by atoms with Crippen LogP contribution in [0.4, 0.5) is 0 Å². The fraction of sp³-hybridized carbons (Fsp3) is 0.348. The maximum atomic E-state index is 13.2. The van der Waals surface area contributed by atoms with Gasteiger partial charge in [-0.2, -0.15) is 4.31 Å². The van der Waals surface area contributed by atoms with E-state index in [4.69, 9.17) is 11.6 Å². The number of carbonyl (C=O) groups excluding carboxylic acids is 1. The van der Waals surface area contributed by atoms with Gasteiger partial charge in [0.1, 0.15) is 0 Å². The number of halogens is 1. The van der Waals surface area contributed by atoms with Gasteiger partial charge in [-0.15, -0.1) is 0 Å². The SMILES string of the molecule is Cn1ccc2cc(S(=O)(=O)N3CCC[C@H](C(=O)NCCc4ccccc4Cl)C3)ccc21. The summed E-state index contributed by atoms with van der Waals surface area (Å²) in [4.78, 5) is 13.0. The molecule has 6 nitrogen and oxygen atoms in total. The Morgan fingerprint density at radius 3 is 2.81 bits per heavy atom. The van der Waals surface area contributed by atoms with Crippen LogP contribution in [0.2, 0.25) is 5.02 Å². The summed E-state index contributed by atoms with van der Waals surface area (Å²) in [5.41, 5.74) is 1.96. The molecule has 2 heterocycles. The Labute approximate surface area is 187 Å². The molecule has 1 aromatic heterocycles. The standard InChI is InChI=1S/C23H26ClN3O3S/c1-26-14-11-18-15-20(8-9-22(18)26)31(29,30)27-13-4-6-19(16-27)23(28)25-12-10-17-5-2-3-7-21(17)24/h2-3,5,7-9,11,14-15,19H,4,6,10,12-13,16H2,1H3,(H,25,28)/t19-/m0/s1. The van der Waals surface area contributed by atoms with Crippen molar-refractivity contribution in [1.29, 1.82) is 0 Å². The van der Waals surface area contributed by atoms with Crippen LogP contribution in [0.15, 0.2) is 59.6 Å². The maximum Gasteiger partial charge on any atom is 0.243 e. The number of nitrogens with zero attached hydrogens (tertiary/aromatic N) is 2. The van der Waals surface area contributed by atoms with Gasteiger partial charge in [0.2, 0.25) is 15.9 Å². The average Bonchev–Trinajstić information content (AvgIpc) is 3.15. The second-order valence-corrected chi connectivity index (χ2v) is 10.3. The van der Waals surface area contributed by atoms with Crippen LogP contribution >= 0.6 is 11.6 Å². The van der Waals surface area contributed by atoms with Gasteiger partial charge in [0.15, 0.2) is 0 Å². The first kappa shape index (κ1) is 21.9. The van der Waals surface area contributed by atoms with Crippen molar-refractivity contribution in [3.63, 3.8) is 0 Å². The smallest absolute Gasteiger partial charge is 0.243 e. The lowest BCUT2D eigenvalue weighted by Gasteiger charge is -2.31. The molecule has 0 bridgehead atoms. The molecule has 0 saturated carbocycles. The summed E-state index contributed by atoms with van der Waals surface area (Å²) in [7, 11) is -1.73. The quantitative estimate of drug-likeness (QED) is 0.612. The molecule has 31 heavy (non-hydrogen) atoms.